The Bertz CT molecular complexity index is 712. The summed E-state index contributed by atoms with van der Waals surface area (Å²) in [5, 5.41) is 2.86. The summed E-state index contributed by atoms with van der Waals surface area (Å²) in [7, 11) is 0. The summed E-state index contributed by atoms with van der Waals surface area (Å²) in [5.41, 5.74) is 3.34. The molecular weight excluding hydrogens is 314 g/mol. The second kappa shape index (κ2) is 9.11. The van der Waals surface area contributed by atoms with Crippen molar-refractivity contribution in [2.45, 2.75) is 40.2 Å². The Morgan fingerprint density at radius 1 is 1.12 bits per heavy atom. The van der Waals surface area contributed by atoms with Gasteiger partial charge in [0.15, 0.2) is 6.10 Å². The van der Waals surface area contributed by atoms with Crippen molar-refractivity contribution in [3.8, 4) is 11.5 Å². The Hall–Kier alpha value is -2.49. The number of rotatable bonds is 8. The Kier molecular flexibility index (Phi) is 6.87. The van der Waals surface area contributed by atoms with Crippen molar-refractivity contribution in [1.82, 2.24) is 5.32 Å². The first-order chi connectivity index (χ1) is 12.0. The van der Waals surface area contributed by atoms with Crippen LogP contribution in [0.3, 0.4) is 0 Å². The van der Waals surface area contributed by atoms with Gasteiger partial charge in [-0.15, -0.1) is 0 Å². The number of benzene rings is 2. The molecule has 1 atom stereocenters. The molecule has 25 heavy (non-hydrogen) atoms. The van der Waals surface area contributed by atoms with Crippen LogP contribution in [0.25, 0.3) is 0 Å². The molecule has 0 fully saturated rings. The Morgan fingerprint density at radius 2 is 1.88 bits per heavy atom. The molecule has 2 aromatic rings. The fourth-order valence-electron chi connectivity index (χ4n) is 2.50. The van der Waals surface area contributed by atoms with E-state index in [1.807, 2.05) is 50.2 Å². The maximum absolute atomic E-state index is 12.2. The average molecular weight is 341 g/mol. The fourth-order valence-corrected chi connectivity index (χ4v) is 2.50. The Labute approximate surface area is 150 Å². The highest BCUT2D eigenvalue weighted by atomic mass is 16.5. The lowest BCUT2D eigenvalue weighted by atomic mass is 10.1. The second-order valence-electron chi connectivity index (χ2n) is 6.13. The molecule has 2 rings (SSSR count). The number of amides is 1. The maximum atomic E-state index is 12.2. The number of ether oxygens (including phenoxy) is 2. The molecule has 1 N–H and O–H groups in total. The van der Waals surface area contributed by atoms with Gasteiger partial charge in [-0.25, -0.2) is 0 Å². The summed E-state index contributed by atoms with van der Waals surface area (Å²) in [6.45, 7) is 8.73. The lowest BCUT2D eigenvalue weighted by molar-refractivity contribution is -0.127. The third-order valence-electron chi connectivity index (χ3n) is 4.03. The maximum Gasteiger partial charge on any atom is 0.260 e. The van der Waals surface area contributed by atoms with Gasteiger partial charge in [0.25, 0.3) is 5.91 Å². The van der Waals surface area contributed by atoms with E-state index in [1.165, 1.54) is 0 Å². The van der Waals surface area contributed by atoms with E-state index in [0.29, 0.717) is 13.2 Å². The van der Waals surface area contributed by atoms with Crippen molar-refractivity contribution in [1.29, 1.82) is 0 Å². The molecule has 2 aromatic carbocycles. The molecule has 0 saturated heterocycles. The van der Waals surface area contributed by atoms with Gasteiger partial charge in [0.2, 0.25) is 0 Å². The van der Waals surface area contributed by atoms with Gasteiger partial charge in [0, 0.05) is 0 Å². The largest absolute Gasteiger partial charge is 0.491 e. The zero-order valence-electron chi connectivity index (χ0n) is 15.5. The minimum atomic E-state index is -0.548. The minimum Gasteiger partial charge on any atom is -0.491 e. The molecule has 0 heterocycles. The van der Waals surface area contributed by atoms with Crippen LogP contribution in [0.4, 0.5) is 0 Å². The Balaban J connectivity index is 1.78. The topological polar surface area (TPSA) is 47.6 Å². The van der Waals surface area contributed by atoms with E-state index in [-0.39, 0.29) is 5.91 Å². The zero-order chi connectivity index (χ0) is 18.2. The summed E-state index contributed by atoms with van der Waals surface area (Å²) in [6.07, 6.45) is 0.321. The van der Waals surface area contributed by atoms with E-state index in [4.69, 9.17) is 9.47 Å². The van der Waals surface area contributed by atoms with Crippen LogP contribution < -0.4 is 14.8 Å². The van der Waals surface area contributed by atoms with Crippen LogP contribution in [-0.2, 0) is 11.2 Å². The number of nitrogens with one attached hydrogen (secondary N) is 1. The molecule has 134 valence electrons. The highest BCUT2D eigenvalue weighted by Gasteiger charge is 2.15. The molecule has 0 spiro atoms. The number of aryl methyl sites for hydroxylation is 3. The van der Waals surface area contributed by atoms with Gasteiger partial charge in [-0.2, -0.15) is 0 Å². The van der Waals surface area contributed by atoms with Gasteiger partial charge in [-0.05, 0) is 56.0 Å². The quantitative estimate of drug-likeness (QED) is 0.742. The van der Waals surface area contributed by atoms with E-state index in [0.717, 1.165) is 34.6 Å². The molecule has 4 nitrogen and oxygen atoms in total. The van der Waals surface area contributed by atoms with Crippen LogP contribution in [0.2, 0.25) is 0 Å². The van der Waals surface area contributed by atoms with Crippen LogP contribution in [0, 0.1) is 13.8 Å². The summed E-state index contributed by atoms with van der Waals surface area (Å²) in [6, 6.07) is 13.9. The van der Waals surface area contributed by atoms with E-state index in [9.17, 15) is 4.79 Å². The lowest BCUT2D eigenvalue weighted by Crippen LogP contribution is -2.38. The highest BCUT2D eigenvalue weighted by molar-refractivity contribution is 5.80. The fraction of sp³-hybridized carbons (Fsp3) is 0.381. The highest BCUT2D eigenvalue weighted by Crippen LogP contribution is 2.20. The molecule has 4 heteroatoms. The summed E-state index contributed by atoms with van der Waals surface area (Å²) in [5.74, 6) is 1.48. The zero-order valence-corrected chi connectivity index (χ0v) is 15.5. The van der Waals surface area contributed by atoms with E-state index in [1.54, 1.807) is 6.92 Å². The van der Waals surface area contributed by atoms with Gasteiger partial charge < -0.3 is 14.8 Å². The normalized spacial score (nSPS) is 11.7. The number of hydrogen-bond acceptors (Lipinski definition) is 3. The summed E-state index contributed by atoms with van der Waals surface area (Å²) < 4.78 is 11.5. The third-order valence-corrected chi connectivity index (χ3v) is 4.03. The van der Waals surface area contributed by atoms with E-state index >= 15 is 0 Å². The molecule has 0 saturated carbocycles. The smallest absolute Gasteiger partial charge is 0.260 e. The molecule has 0 aliphatic rings. The van der Waals surface area contributed by atoms with Gasteiger partial charge in [-0.1, -0.05) is 37.3 Å². The van der Waals surface area contributed by atoms with E-state index in [2.05, 4.69) is 18.3 Å². The van der Waals surface area contributed by atoms with E-state index < -0.39 is 6.10 Å². The summed E-state index contributed by atoms with van der Waals surface area (Å²) >= 11 is 0. The van der Waals surface area contributed by atoms with Gasteiger partial charge >= 0.3 is 0 Å². The van der Waals surface area contributed by atoms with Crippen molar-refractivity contribution in [3.05, 3.63) is 59.2 Å². The molecule has 1 unspecified atom stereocenters. The number of para-hydroxylation sites is 1. The third kappa shape index (κ3) is 5.52. The molecule has 1 amide bonds. The predicted molar refractivity (Wildman–Crippen MR) is 100 cm³/mol. The van der Waals surface area contributed by atoms with Crippen LogP contribution in [-0.4, -0.2) is 25.2 Å². The van der Waals surface area contributed by atoms with Crippen LogP contribution in [0.15, 0.2) is 42.5 Å². The van der Waals surface area contributed by atoms with Crippen molar-refractivity contribution < 1.29 is 14.3 Å². The monoisotopic (exact) mass is 341 g/mol. The number of carbonyl (C=O) groups is 1. The first-order valence-electron chi connectivity index (χ1n) is 8.73. The van der Waals surface area contributed by atoms with Crippen LogP contribution in [0.1, 0.15) is 30.5 Å². The minimum absolute atomic E-state index is 0.143. The van der Waals surface area contributed by atoms with Gasteiger partial charge in [-0.3, -0.25) is 4.79 Å². The lowest BCUT2D eigenvalue weighted by Gasteiger charge is -2.17. The Morgan fingerprint density at radius 3 is 2.64 bits per heavy atom. The molecule has 0 aliphatic heterocycles. The van der Waals surface area contributed by atoms with Crippen molar-refractivity contribution >= 4 is 5.91 Å². The van der Waals surface area contributed by atoms with Crippen molar-refractivity contribution in [2.24, 2.45) is 0 Å². The first-order valence-corrected chi connectivity index (χ1v) is 8.73. The van der Waals surface area contributed by atoms with Crippen LogP contribution >= 0.6 is 0 Å². The second-order valence-corrected chi connectivity index (χ2v) is 6.13. The SMILES string of the molecule is CCc1ccccc1OC(C)C(=O)NCCOc1cc(C)ccc1C. The first kappa shape index (κ1) is 18.8. The summed E-state index contributed by atoms with van der Waals surface area (Å²) in [4.78, 5) is 12.2. The van der Waals surface area contributed by atoms with Crippen LogP contribution in [0.5, 0.6) is 11.5 Å². The number of carbonyl (C=O) groups excluding carboxylic acids is 1. The molecule has 0 radical (unpaired) electrons. The number of hydrogen-bond donors (Lipinski definition) is 1. The molecule has 0 aromatic heterocycles. The van der Waals surface area contributed by atoms with Gasteiger partial charge in [0.05, 0.1) is 6.54 Å². The molecule has 0 bridgehead atoms. The predicted octanol–water partition coefficient (Wildman–Crippen LogP) is 3.83. The van der Waals surface area contributed by atoms with Gasteiger partial charge in [0.1, 0.15) is 18.1 Å². The van der Waals surface area contributed by atoms with Crippen molar-refractivity contribution in [2.75, 3.05) is 13.2 Å². The standard InChI is InChI=1S/C21H27NO3/c1-5-18-8-6-7-9-19(18)25-17(4)21(23)22-12-13-24-20-14-15(2)10-11-16(20)3/h6-11,14,17H,5,12-13H2,1-4H3,(H,22,23). The average Bonchev–Trinajstić information content (AvgIpc) is 2.61. The van der Waals surface area contributed by atoms with Crippen molar-refractivity contribution in [3.63, 3.8) is 0 Å². The molecule has 0 aliphatic carbocycles. The molecular formula is C21H27NO3.